The Morgan fingerprint density at radius 2 is 0.964 bits per heavy atom. The van der Waals surface area contributed by atoms with Gasteiger partial charge in [0.25, 0.3) is 11.8 Å². The van der Waals surface area contributed by atoms with E-state index in [4.69, 9.17) is 0 Å². The third kappa shape index (κ3) is 4.78. The molecule has 5 heteroatoms. The standard InChI is InChI=1S/C23H30N2O3/c1-5-24(6-2)22(27)19-13-9-17(10-14-19)21(26)18-11-15-20(16-12-18)23(28)25(7-3)8-4/h9-16,21,26H,5-8H2,1-4H3. The predicted molar refractivity (Wildman–Crippen MR) is 111 cm³/mol. The number of carbonyl (C=O) groups excluding carboxylic acids is 2. The molecular formula is C23H30N2O3. The van der Waals surface area contributed by atoms with Crippen molar-refractivity contribution in [3.05, 3.63) is 70.8 Å². The zero-order chi connectivity index (χ0) is 20.7. The average molecular weight is 383 g/mol. The summed E-state index contributed by atoms with van der Waals surface area (Å²) >= 11 is 0. The number of rotatable bonds is 8. The molecule has 0 aliphatic rings. The summed E-state index contributed by atoms with van der Waals surface area (Å²) in [6.07, 6.45) is -0.810. The van der Waals surface area contributed by atoms with Crippen LogP contribution in [-0.4, -0.2) is 52.9 Å². The molecule has 0 unspecified atom stereocenters. The van der Waals surface area contributed by atoms with Gasteiger partial charge in [-0.3, -0.25) is 9.59 Å². The fraction of sp³-hybridized carbons (Fsp3) is 0.391. The lowest BCUT2D eigenvalue weighted by Gasteiger charge is -2.20. The monoisotopic (exact) mass is 382 g/mol. The molecule has 0 aromatic heterocycles. The maximum absolute atomic E-state index is 12.4. The summed E-state index contributed by atoms with van der Waals surface area (Å²) in [6, 6.07) is 14.1. The van der Waals surface area contributed by atoms with Gasteiger partial charge in [-0.15, -0.1) is 0 Å². The zero-order valence-electron chi connectivity index (χ0n) is 17.2. The first-order valence-electron chi connectivity index (χ1n) is 9.93. The highest BCUT2D eigenvalue weighted by Gasteiger charge is 2.16. The van der Waals surface area contributed by atoms with Crippen LogP contribution in [0.25, 0.3) is 0 Å². The molecule has 150 valence electrons. The van der Waals surface area contributed by atoms with E-state index in [1.54, 1.807) is 58.3 Å². The lowest BCUT2D eigenvalue weighted by molar-refractivity contribution is 0.0765. The fourth-order valence-electron chi connectivity index (χ4n) is 3.20. The lowest BCUT2D eigenvalue weighted by atomic mass is 9.99. The molecule has 0 fully saturated rings. The molecule has 1 N–H and O–H groups in total. The maximum atomic E-state index is 12.4. The molecule has 0 atom stereocenters. The smallest absolute Gasteiger partial charge is 0.253 e. The third-order valence-corrected chi connectivity index (χ3v) is 5.05. The molecule has 0 bridgehead atoms. The second-order valence-electron chi connectivity index (χ2n) is 6.60. The van der Waals surface area contributed by atoms with Gasteiger partial charge in [-0.05, 0) is 63.1 Å². The molecule has 5 nitrogen and oxygen atoms in total. The Balaban J connectivity index is 2.14. The van der Waals surface area contributed by atoms with Crippen molar-refractivity contribution < 1.29 is 14.7 Å². The van der Waals surface area contributed by atoms with Crippen LogP contribution in [0, 0.1) is 0 Å². The van der Waals surface area contributed by atoms with Gasteiger partial charge in [0.15, 0.2) is 0 Å². The molecule has 0 heterocycles. The van der Waals surface area contributed by atoms with Crippen molar-refractivity contribution in [1.29, 1.82) is 0 Å². The van der Waals surface area contributed by atoms with Crippen LogP contribution in [0.3, 0.4) is 0 Å². The van der Waals surface area contributed by atoms with E-state index >= 15 is 0 Å². The molecule has 0 aliphatic heterocycles. The summed E-state index contributed by atoms with van der Waals surface area (Å²) in [5, 5.41) is 10.7. The Labute approximate surface area is 167 Å². The number of hydrogen-bond acceptors (Lipinski definition) is 3. The van der Waals surface area contributed by atoms with Gasteiger partial charge in [0.05, 0.1) is 0 Å². The number of benzene rings is 2. The Hall–Kier alpha value is -2.66. The molecule has 0 saturated heterocycles. The molecule has 2 rings (SSSR count). The largest absolute Gasteiger partial charge is 0.384 e. The van der Waals surface area contributed by atoms with Crippen molar-refractivity contribution in [2.24, 2.45) is 0 Å². The van der Waals surface area contributed by atoms with Crippen molar-refractivity contribution in [3.63, 3.8) is 0 Å². The van der Waals surface area contributed by atoms with E-state index in [0.717, 1.165) is 0 Å². The van der Waals surface area contributed by atoms with Gasteiger partial charge >= 0.3 is 0 Å². The Kier molecular flexibility index (Phi) is 7.76. The maximum Gasteiger partial charge on any atom is 0.253 e. The normalized spacial score (nSPS) is 10.8. The summed E-state index contributed by atoms with van der Waals surface area (Å²) in [4.78, 5) is 28.3. The van der Waals surface area contributed by atoms with Gasteiger partial charge in [-0.1, -0.05) is 24.3 Å². The van der Waals surface area contributed by atoms with Crippen molar-refractivity contribution in [1.82, 2.24) is 9.80 Å². The second kappa shape index (κ2) is 10.0. The van der Waals surface area contributed by atoms with E-state index in [1.165, 1.54) is 0 Å². The molecule has 2 aromatic carbocycles. The number of aliphatic hydroxyl groups excluding tert-OH is 1. The molecule has 2 aromatic rings. The summed E-state index contributed by atoms with van der Waals surface area (Å²) in [6.45, 7) is 10.5. The first kappa shape index (κ1) is 21.6. The average Bonchev–Trinajstić information content (AvgIpc) is 2.75. The van der Waals surface area contributed by atoms with Crippen molar-refractivity contribution in [2.75, 3.05) is 26.2 Å². The van der Waals surface area contributed by atoms with Gasteiger partial charge in [0, 0.05) is 37.3 Å². The van der Waals surface area contributed by atoms with Crippen LogP contribution in [-0.2, 0) is 0 Å². The number of nitrogens with zero attached hydrogens (tertiary/aromatic N) is 2. The lowest BCUT2D eigenvalue weighted by Crippen LogP contribution is -2.30. The Morgan fingerprint density at radius 1 is 0.679 bits per heavy atom. The minimum Gasteiger partial charge on any atom is -0.384 e. The molecule has 0 aliphatic carbocycles. The van der Waals surface area contributed by atoms with Crippen LogP contribution >= 0.6 is 0 Å². The van der Waals surface area contributed by atoms with Crippen molar-refractivity contribution in [3.8, 4) is 0 Å². The van der Waals surface area contributed by atoms with Crippen LogP contribution in [0.5, 0.6) is 0 Å². The van der Waals surface area contributed by atoms with E-state index in [1.807, 2.05) is 27.7 Å². The van der Waals surface area contributed by atoms with Crippen molar-refractivity contribution in [2.45, 2.75) is 33.8 Å². The van der Waals surface area contributed by atoms with Gasteiger partial charge in [0.1, 0.15) is 6.10 Å². The van der Waals surface area contributed by atoms with E-state index in [2.05, 4.69) is 0 Å². The van der Waals surface area contributed by atoms with Crippen LogP contribution in [0.15, 0.2) is 48.5 Å². The zero-order valence-corrected chi connectivity index (χ0v) is 17.2. The van der Waals surface area contributed by atoms with Crippen molar-refractivity contribution >= 4 is 11.8 Å². The van der Waals surface area contributed by atoms with E-state index in [9.17, 15) is 14.7 Å². The minimum atomic E-state index is -0.810. The predicted octanol–water partition coefficient (Wildman–Crippen LogP) is 3.73. The highest BCUT2D eigenvalue weighted by atomic mass is 16.3. The summed E-state index contributed by atoms with van der Waals surface area (Å²) in [7, 11) is 0. The second-order valence-corrected chi connectivity index (χ2v) is 6.60. The molecule has 0 saturated carbocycles. The molecule has 2 amide bonds. The molecular weight excluding hydrogens is 352 g/mol. The SMILES string of the molecule is CCN(CC)C(=O)c1ccc(C(O)c2ccc(C(=O)N(CC)CC)cc2)cc1. The third-order valence-electron chi connectivity index (χ3n) is 5.05. The number of aliphatic hydroxyl groups is 1. The van der Waals surface area contributed by atoms with Crippen LogP contribution in [0.2, 0.25) is 0 Å². The quantitative estimate of drug-likeness (QED) is 0.757. The molecule has 0 radical (unpaired) electrons. The summed E-state index contributed by atoms with van der Waals surface area (Å²) in [5.74, 6) is -0.0179. The summed E-state index contributed by atoms with van der Waals surface area (Å²) < 4.78 is 0. The fourth-order valence-corrected chi connectivity index (χ4v) is 3.20. The summed E-state index contributed by atoms with van der Waals surface area (Å²) in [5.41, 5.74) is 2.64. The first-order chi connectivity index (χ1) is 13.5. The number of amides is 2. The van der Waals surface area contributed by atoms with E-state index < -0.39 is 6.10 Å². The first-order valence-corrected chi connectivity index (χ1v) is 9.93. The molecule has 0 spiro atoms. The van der Waals surface area contributed by atoms with Crippen LogP contribution in [0.1, 0.15) is 65.6 Å². The van der Waals surface area contributed by atoms with Crippen LogP contribution in [0.4, 0.5) is 0 Å². The van der Waals surface area contributed by atoms with Gasteiger partial charge in [-0.25, -0.2) is 0 Å². The number of hydrogen-bond donors (Lipinski definition) is 1. The van der Waals surface area contributed by atoms with Gasteiger partial charge in [0.2, 0.25) is 0 Å². The topological polar surface area (TPSA) is 60.9 Å². The Morgan fingerprint density at radius 3 is 1.21 bits per heavy atom. The highest BCUT2D eigenvalue weighted by molar-refractivity contribution is 5.94. The Bertz CT molecular complexity index is 709. The van der Waals surface area contributed by atoms with Gasteiger partial charge < -0.3 is 14.9 Å². The van der Waals surface area contributed by atoms with E-state index in [0.29, 0.717) is 48.4 Å². The molecule has 28 heavy (non-hydrogen) atoms. The van der Waals surface area contributed by atoms with Gasteiger partial charge in [-0.2, -0.15) is 0 Å². The number of carbonyl (C=O) groups is 2. The van der Waals surface area contributed by atoms with E-state index in [-0.39, 0.29) is 11.8 Å². The highest BCUT2D eigenvalue weighted by Crippen LogP contribution is 2.23. The van der Waals surface area contributed by atoms with Crippen LogP contribution < -0.4 is 0 Å². The minimum absolute atomic E-state index is 0.00897.